The molecule has 1 aromatic rings. The van der Waals surface area contributed by atoms with Crippen LogP contribution in [0.15, 0.2) is 21.1 Å². The Bertz CT molecular complexity index is 516. The number of anilines is 1. The predicted octanol–water partition coefficient (Wildman–Crippen LogP) is 2.92. The summed E-state index contributed by atoms with van der Waals surface area (Å²) in [6.45, 7) is 0.418. The van der Waals surface area contributed by atoms with Gasteiger partial charge in [0.15, 0.2) is 0 Å². The van der Waals surface area contributed by atoms with Crippen molar-refractivity contribution in [3.63, 3.8) is 0 Å². The second-order valence-electron chi connectivity index (χ2n) is 3.95. The quantitative estimate of drug-likeness (QED) is 0.745. The van der Waals surface area contributed by atoms with E-state index in [-0.39, 0.29) is 18.1 Å². The number of benzene rings is 1. The van der Waals surface area contributed by atoms with Crippen LogP contribution in [0.25, 0.3) is 0 Å². The Morgan fingerprint density at radius 3 is 2.56 bits per heavy atom. The summed E-state index contributed by atoms with van der Waals surface area (Å²) >= 11 is 6.80. The first-order chi connectivity index (χ1) is 8.52. The van der Waals surface area contributed by atoms with Gasteiger partial charge in [-0.05, 0) is 37.9 Å². The average Bonchev–Trinajstić information content (AvgIpc) is 2.30. The zero-order valence-electron chi connectivity index (χ0n) is 9.70. The number of halogens is 2. The summed E-state index contributed by atoms with van der Waals surface area (Å²) in [4.78, 5) is 24.7. The van der Waals surface area contributed by atoms with Gasteiger partial charge in [0.25, 0.3) is 0 Å². The van der Waals surface area contributed by atoms with Crippen molar-refractivity contribution in [1.82, 2.24) is 0 Å². The van der Waals surface area contributed by atoms with Crippen molar-refractivity contribution < 1.29 is 14.3 Å². The molecular formula is C12H11Br2NO3. The Labute approximate surface area is 122 Å². The number of methoxy groups -OCH3 is 1. The normalized spacial score (nSPS) is 16.1. The molecule has 0 atom stereocenters. The summed E-state index contributed by atoms with van der Waals surface area (Å²) in [5, 5.41) is 0. The van der Waals surface area contributed by atoms with Crippen LogP contribution in [0, 0.1) is 0 Å². The minimum absolute atomic E-state index is 0.00329. The first kappa shape index (κ1) is 13.5. The molecule has 96 valence electrons. The third kappa shape index (κ3) is 2.59. The van der Waals surface area contributed by atoms with Crippen LogP contribution in [0.3, 0.4) is 0 Å². The third-order valence-electron chi connectivity index (χ3n) is 2.78. The summed E-state index contributed by atoms with van der Waals surface area (Å²) in [6.07, 6.45) is 0.376. The second-order valence-corrected chi connectivity index (χ2v) is 5.66. The summed E-state index contributed by atoms with van der Waals surface area (Å²) in [5.41, 5.74) is 0.729. The molecule has 4 nitrogen and oxygen atoms in total. The predicted molar refractivity (Wildman–Crippen MR) is 75.0 cm³/mol. The van der Waals surface area contributed by atoms with Crippen molar-refractivity contribution >= 4 is 49.2 Å². The standard InChI is InChI=1S/C12H11Br2NO3/c1-18-11-6-10(8(13)5-9(11)14)15-3-2-7(16)4-12(15)17/h5-6H,2-4H2,1H3. The summed E-state index contributed by atoms with van der Waals surface area (Å²) in [6, 6.07) is 3.61. The number of amides is 1. The van der Waals surface area contributed by atoms with Gasteiger partial charge in [0.1, 0.15) is 11.5 Å². The molecule has 0 aliphatic carbocycles. The average molecular weight is 377 g/mol. The van der Waals surface area contributed by atoms with E-state index < -0.39 is 0 Å². The van der Waals surface area contributed by atoms with E-state index in [1.807, 2.05) is 6.07 Å². The Kier molecular flexibility index (Phi) is 4.07. The smallest absolute Gasteiger partial charge is 0.234 e. The van der Waals surface area contributed by atoms with Crippen LogP contribution in [0.5, 0.6) is 5.75 Å². The molecule has 1 heterocycles. The van der Waals surface area contributed by atoms with Gasteiger partial charge >= 0.3 is 0 Å². The molecule has 0 spiro atoms. The minimum Gasteiger partial charge on any atom is -0.495 e. The maximum Gasteiger partial charge on any atom is 0.234 e. The lowest BCUT2D eigenvalue weighted by Crippen LogP contribution is -2.39. The highest BCUT2D eigenvalue weighted by Crippen LogP contribution is 2.37. The number of rotatable bonds is 2. The molecule has 1 amide bonds. The molecule has 0 N–H and O–H groups in total. The zero-order valence-corrected chi connectivity index (χ0v) is 12.9. The van der Waals surface area contributed by atoms with Gasteiger partial charge in [-0.25, -0.2) is 0 Å². The Balaban J connectivity index is 2.38. The maximum absolute atomic E-state index is 11.9. The van der Waals surface area contributed by atoms with Crippen LogP contribution in [0.1, 0.15) is 12.8 Å². The van der Waals surface area contributed by atoms with Crippen LogP contribution in [0.2, 0.25) is 0 Å². The Hall–Kier alpha value is -0.880. The molecule has 2 rings (SSSR count). The molecule has 1 saturated heterocycles. The van der Waals surface area contributed by atoms with Crippen molar-refractivity contribution in [1.29, 1.82) is 0 Å². The van der Waals surface area contributed by atoms with Gasteiger partial charge < -0.3 is 9.64 Å². The summed E-state index contributed by atoms with van der Waals surface area (Å²) in [7, 11) is 1.57. The fourth-order valence-corrected chi connectivity index (χ4v) is 3.22. The third-order valence-corrected chi connectivity index (χ3v) is 4.03. The molecule has 0 unspecified atom stereocenters. The van der Waals surface area contributed by atoms with Crippen LogP contribution in [-0.4, -0.2) is 25.3 Å². The lowest BCUT2D eigenvalue weighted by Gasteiger charge is -2.27. The van der Waals surface area contributed by atoms with Crippen molar-refractivity contribution in [2.45, 2.75) is 12.8 Å². The first-order valence-electron chi connectivity index (χ1n) is 5.38. The van der Waals surface area contributed by atoms with E-state index in [0.717, 1.165) is 14.6 Å². The number of carbonyl (C=O) groups excluding carboxylic acids is 2. The van der Waals surface area contributed by atoms with Crippen molar-refractivity contribution in [2.75, 3.05) is 18.6 Å². The van der Waals surface area contributed by atoms with E-state index in [1.165, 1.54) is 0 Å². The van der Waals surface area contributed by atoms with Crippen molar-refractivity contribution in [2.24, 2.45) is 0 Å². The van der Waals surface area contributed by atoms with E-state index >= 15 is 0 Å². The number of nitrogens with zero attached hydrogens (tertiary/aromatic N) is 1. The molecule has 0 aromatic heterocycles. The highest BCUT2D eigenvalue weighted by molar-refractivity contribution is 9.11. The van der Waals surface area contributed by atoms with Gasteiger partial charge in [-0.1, -0.05) is 0 Å². The van der Waals surface area contributed by atoms with Crippen LogP contribution in [0.4, 0.5) is 5.69 Å². The summed E-state index contributed by atoms with van der Waals surface area (Å²) < 4.78 is 6.81. The fraction of sp³-hybridized carbons (Fsp3) is 0.333. The molecule has 0 saturated carbocycles. The summed E-state index contributed by atoms with van der Waals surface area (Å²) in [5.74, 6) is 0.477. The van der Waals surface area contributed by atoms with Gasteiger partial charge in [0, 0.05) is 23.5 Å². The Morgan fingerprint density at radius 1 is 1.22 bits per heavy atom. The van der Waals surface area contributed by atoms with Crippen molar-refractivity contribution in [3.8, 4) is 5.75 Å². The second kappa shape index (κ2) is 5.40. The fourth-order valence-electron chi connectivity index (χ4n) is 1.85. The molecule has 1 aliphatic heterocycles. The zero-order chi connectivity index (χ0) is 13.3. The molecule has 6 heteroatoms. The Morgan fingerprint density at radius 2 is 1.94 bits per heavy atom. The van der Waals surface area contributed by atoms with E-state index in [9.17, 15) is 9.59 Å². The highest BCUT2D eigenvalue weighted by Gasteiger charge is 2.26. The van der Waals surface area contributed by atoms with Crippen LogP contribution in [-0.2, 0) is 9.59 Å². The molecule has 0 bridgehead atoms. The first-order valence-corrected chi connectivity index (χ1v) is 6.96. The number of piperidine rings is 1. The lowest BCUT2D eigenvalue weighted by molar-refractivity contribution is -0.128. The lowest BCUT2D eigenvalue weighted by atomic mass is 10.1. The maximum atomic E-state index is 11.9. The largest absolute Gasteiger partial charge is 0.495 e. The minimum atomic E-state index is -0.170. The molecule has 0 radical (unpaired) electrons. The van der Waals surface area contributed by atoms with Crippen LogP contribution >= 0.6 is 31.9 Å². The topological polar surface area (TPSA) is 46.6 Å². The van der Waals surface area contributed by atoms with Gasteiger partial charge in [-0.3, -0.25) is 9.59 Å². The molecular weight excluding hydrogens is 366 g/mol. The van der Waals surface area contributed by atoms with Crippen molar-refractivity contribution in [3.05, 3.63) is 21.1 Å². The van der Waals surface area contributed by atoms with Gasteiger partial charge in [0.05, 0.1) is 23.7 Å². The highest BCUT2D eigenvalue weighted by atomic mass is 79.9. The molecule has 1 aliphatic rings. The SMILES string of the molecule is COc1cc(N2CCC(=O)CC2=O)c(Br)cc1Br. The van der Waals surface area contributed by atoms with Gasteiger partial charge in [-0.15, -0.1) is 0 Å². The van der Waals surface area contributed by atoms with E-state index in [1.54, 1.807) is 18.1 Å². The molecule has 18 heavy (non-hydrogen) atoms. The van der Waals surface area contributed by atoms with Gasteiger partial charge in [0.2, 0.25) is 5.91 Å². The number of ketones is 1. The molecule has 1 aromatic carbocycles. The number of Topliss-reactive ketones (excluding diaryl/α,β-unsaturated/α-hetero) is 1. The molecule has 1 fully saturated rings. The number of carbonyl (C=O) groups is 2. The van der Waals surface area contributed by atoms with Crippen LogP contribution < -0.4 is 9.64 Å². The monoisotopic (exact) mass is 375 g/mol. The number of hydrogen-bond donors (Lipinski definition) is 0. The van der Waals surface area contributed by atoms with Gasteiger partial charge in [-0.2, -0.15) is 0 Å². The van der Waals surface area contributed by atoms with E-state index in [0.29, 0.717) is 18.7 Å². The number of ether oxygens (including phenoxy) is 1. The van der Waals surface area contributed by atoms with E-state index in [4.69, 9.17) is 4.74 Å². The number of hydrogen-bond acceptors (Lipinski definition) is 3. The van der Waals surface area contributed by atoms with E-state index in [2.05, 4.69) is 31.9 Å².